The molecule has 2 aromatic carbocycles. The third-order valence-electron chi connectivity index (χ3n) is 3.04. The second kappa shape index (κ2) is 7.71. The summed E-state index contributed by atoms with van der Waals surface area (Å²) in [6, 6.07) is 14.2. The molecule has 2 nitrogen and oxygen atoms in total. The molecule has 0 aromatic heterocycles. The van der Waals surface area contributed by atoms with Crippen LogP contribution in [0.15, 0.2) is 53.0 Å². The quantitative estimate of drug-likeness (QED) is 0.725. The highest BCUT2D eigenvalue weighted by molar-refractivity contribution is 9.10. The molecular weight excluding hydrogens is 401 g/mol. The van der Waals surface area contributed by atoms with Gasteiger partial charge in [-0.05, 0) is 40.0 Å². The summed E-state index contributed by atoms with van der Waals surface area (Å²) in [5, 5.41) is 3.45. The molecule has 0 aliphatic heterocycles. The molecule has 0 fully saturated rings. The van der Waals surface area contributed by atoms with Crippen molar-refractivity contribution in [1.29, 1.82) is 0 Å². The van der Waals surface area contributed by atoms with E-state index in [-0.39, 0.29) is 11.6 Å². The van der Waals surface area contributed by atoms with E-state index in [4.69, 9.17) is 0 Å². The summed E-state index contributed by atoms with van der Waals surface area (Å²) < 4.78 is 14.2. The van der Waals surface area contributed by atoms with E-state index in [0.29, 0.717) is 16.2 Å². The first kappa shape index (κ1) is 16.2. The molecule has 1 N–H and O–H groups in total. The van der Waals surface area contributed by atoms with E-state index >= 15 is 0 Å². The summed E-state index contributed by atoms with van der Waals surface area (Å²) in [5.41, 5.74) is 1.16. The van der Waals surface area contributed by atoms with Crippen molar-refractivity contribution in [3.8, 4) is 0 Å². The molecule has 0 aliphatic rings. The third kappa shape index (κ3) is 4.38. The van der Waals surface area contributed by atoms with Gasteiger partial charge < -0.3 is 5.32 Å². The lowest BCUT2D eigenvalue weighted by atomic mass is 10.1. The third-order valence-corrected chi connectivity index (χ3v) is 4.48. The molecule has 2 rings (SSSR count). The van der Waals surface area contributed by atoms with Crippen molar-refractivity contribution in [1.82, 2.24) is 5.32 Å². The summed E-state index contributed by atoms with van der Waals surface area (Å²) in [6.07, 6.45) is 0.684. The molecule has 21 heavy (non-hydrogen) atoms. The monoisotopic (exact) mass is 413 g/mol. The van der Waals surface area contributed by atoms with Crippen LogP contribution in [0.1, 0.15) is 15.9 Å². The molecule has 0 saturated carbocycles. The van der Waals surface area contributed by atoms with Gasteiger partial charge >= 0.3 is 0 Å². The standard InChI is InChI=1S/C16H14Br2FNO/c17-10-12(9-11-5-2-1-3-6-11)20-16(21)15-13(18)7-4-8-14(15)19/h1-8,12H,9-10H2,(H,20,21). The van der Waals surface area contributed by atoms with E-state index in [1.165, 1.54) is 6.07 Å². The number of benzene rings is 2. The molecule has 1 atom stereocenters. The molecule has 2 aromatic rings. The number of carbonyl (C=O) groups is 1. The number of halogens is 3. The minimum Gasteiger partial charge on any atom is -0.348 e. The predicted octanol–water partition coefficient (Wildman–Crippen LogP) is 4.32. The smallest absolute Gasteiger partial charge is 0.255 e. The summed E-state index contributed by atoms with van der Waals surface area (Å²) in [4.78, 5) is 12.2. The molecule has 0 spiro atoms. The van der Waals surface area contributed by atoms with E-state index in [1.54, 1.807) is 12.1 Å². The molecule has 1 unspecified atom stereocenters. The maximum Gasteiger partial charge on any atom is 0.255 e. The summed E-state index contributed by atoms with van der Waals surface area (Å²) >= 11 is 6.61. The Labute approximate surface area is 140 Å². The van der Waals surface area contributed by atoms with E-state index < -0.39 is 11.7 Å². The van der Waals surface area contributed by atoms with Crippen LogP contribution in [0.4, 0.5) is 4.39 Å². The van der Waals surface area contributed by atoms with Gasteiger partial charge in [0.15, 0.2) is 0 Å². The zero-order valence-corrected chi connectivity index (χ0v) is 14.3. The van der Waals surface area contributed by atoms with Gasteiger partial charge in [-0.25, -0.2) is 4.39 Å². The molecule has 0 radical (unpaired) electrons. The fraction of sp³-hybridized carbons (Fsp3) is 0.188. The van der Waals surface area contributed by atoms with E-state index in [9.17, 15) is 9.18 Å². The average Bonchev–Trinajstić information content (AvgIpc) is 2.47. The number of hydrogen-bond donors (Lipinski definition) is 1. The molecule has 0 saturated heterocycles. The summed E-state index contributed by atoms with van der Waals surface area (Å²) in [7, 11) is 0. The van der Waals surface area contributed by atoms with Gasteiger partial charge in [0.05, 0.1) is 5.56 Å². The fourth-order valence-corrected chi connectivity index (χ4v) is 2.93. The second-order valence-corrected chi connectivity index (χ2v) is 6.11. The van der Waals surface area contributed by atoms with Crippen molar-refractivity contribution in [2.45, 2.75) is 12.5 Å². The lowest BCUT2D eigenvalue weighted by Gasteiger charge is -2.17. The molecule has 0 aliphatic carbocycles. The normalized spacial score (nSPS) is 12.0. The Morgan fingerprint density at radius 1 is 1.14 bits per heavy atom. The maximum absolute atomic E-state index is 13.8. The fourth-order valence-electron chi connectivity index (χ4n) is 2.02. The highest BCUT2D eigenvalue weighted by atomic mass is 79.9. The Morgan fingerprint density at radius 3 is 2.48 bits per heavy atom. The SMILES string of the molecule is O=C(NC(CBr)Cc1ccccc1)c1c(F)cccc1Br. The number of carbonyl (C=O) groups excluding carboxylic acids is 1. The largest absolute Gasteiger partial charge is 0.348 e. The lowest BCUT2D eigenvalue weighted by Crippen LogP contribution is -2.38. The van der Waals surface area contributed by atoms with Gasteiger partial charge in [0, 0.05) is 15.8 Å². The van der Waals surface area contributed by atoms with Crippen molar-refractivity contribution in [2.75, 3.05) is 5.33 Å². The van der Waals surface area contributed by atoms with Crippen LogP contribution in [-0.4, -0.2) is 17.3 Å². The Balaban J connectivity index is 2.10. The Hall–Kier alpha value is -1.20. The summed E-state index contributed by atoms with van der Waals surface area (Å²) in [5.74, 6) is -0.949. The van der Waals surface area contributed by atoms with Crippen LogP contribution >= 0.6 is 31.9 Å². The summed E-state index contributed by atoms with van der Waals surface area (Å²) in [6.45, 7) is 0. The van der Waals surface area contributed by atoms with E-state index in [1.807, 2.05) is 30.3 Å². The van der Waals surface area contributed by atoms with Crippen LogP contribution in [-0.2, 0) is 6.42 Å². The van der Waals surface area contributed by atoms with Crippen LogP contribution in [0.5, 0.6) is 0 Å². The van der Waals surface area contributed by atoms with Crippen LogP contribution < -0.4 is 5.32 Å². The van der Waals surface area contributed by atoms with Gasteiger partial charge in [-0.15, -0.1) is 0 Å². The van der Waals surface area contributed by atoms with Gasteiger partial charge in [0.2, 0.25) is 0 Å². The first-order valence-corrected chi connectivity index (χ1v) is 8.38. The molecule has 0 heterocycles. The van der Waals surface area contributed by atoms with Crippen LogP contribution in [0.2, 0.25) is 0 Å². The van der Waals surface area contributed by atoms with Crippen LogP contribution in [0.25, 0.3) is 0 Å². The van der Waals surface area contributed by atoms with Gasteiger partial charge in [-0.3, -0.25) is 4.79 Å². The van der Waals surface area contributed by atoms with Crippen molar-refractivity contribution >= 4 is 37.8 Å². The van der Waals surface area contributed by atoms with Crippen molar-refractivity contribution in [3.05, 3.63) is 69.9 Å². The molecule has 5 heteroatoms. The minimum absolute atomic E-state index is 0.0384. The van der Waals surface area contributed by atoms with Crippen molar-refractivity contribution < 1.29 is 9.18 Å². The molecular formula is C16H14Br2FNO. The van der Waals surface area contributed by atoms with Crippen molar-refractivity contribution in [2.24, 2.45) is 0 Å². The molecule has 1 amide bonds. The average molecular weight is 415 g/mol. The maximum atomic E-state index is 13.8. The first-order valence-electron chi connectivity index (χ1n) is 6.46. The van der Waals surface area contributed by atoms with Crippen LogP contribution in [0.3, 0.4) is 0 Å². The zero-order chi connectivity index (χ0) is 15.2. The minimum atomic E-state index is -0.532. The van der Waals surface area contributed by atoms with E-state index in [0.717, 1.165) is 5.56 Å². The topological polar surface area (TPSA) is 29.1 Å². The van der Waals surface area contributed by atoms with Gasteiger partial charge in [-0.1, -0.05) is 52.3 Å². The van der Waals surface area contributed by atoms with Gasteiger partial charge in [-0.2, -0.15) is 0 Å². The van der Waals surface area contributed by atoms with Gasteiger partial charge in [0.25, 0.3) is 5.91 Å². The van der Waals surface area contributed by atoms with Crippen molar-refractivity contribution in [3.63, 3.8) is 0 Å². The second-order valence-electron chi connectivity index (χ2n) is 4.61. The van der Waals surface area contributed by atoms with Crippen LogP contribution in [0, 0.1) is 5.82 Å². The molecule has 0 bridgehead atoms. The number of amides is 1. The number of hydrogen-bond acceptors (Lipinski definition) is 1. The number of rotatable bonds is 5. The Kier molecular flexibility index (Phi) is 5.94. The Morgan fingerprint density at radius 2 is 1.86 bits per heavy atom. The predicted molar refractivity (Wildman–Crippen MR) is 89.3 cm³/mol. The number of alkyl halides is 1. The first-order chi connectivity index (χ1) is 10.1. The highest BCUT2D eigenvalue weighted by Crippen LogP contribution is 2.20. The lowest BCUT2D eigenvalue weighted by molar-refractivity contribution is 0.0936. The highest BCUT2D eigenvalue weighted by Gasteiger charge is 2.18. The Bertz CT molecular complexity index is 599. The van der Waals surface area contributed by atoms with Gasteiger partial charge in [0.1, 0.15) is 5.82 Å². The zero-order valence-electron chi connectivity index (χ0n) is 11.2. The number of nitrogens with one attached hydrogen (secondary N) is 1. The molecule has 110 valence electrons. The van der Waals surface area contributed by atoms with E-state index in [2.05, 4.69) is 37.2 Å².